The van der Waals surface area contributed by atoms with Crippen molar-refractivity contribution in [3.63, 3.8) is 0 Å². The molecule has 0 aliphatic carbocycles. The number of carbonyl (C=O) groups is 1. The molecule has 112 valence electrons. The summed E-state index contributed by atoms with van der Waals surface area (Å²) in [4.78, 5) is 11.9. The van der Waals surface area contributed by atoms with Crippen LogP contribution in [0.25, 0.3) is 0 Å². The lowest BCUT2D eigenvalue weighted by atomic mass is 9.87. The van der Waals surface area contributed by atoms with Gasteiger partial charge in [0.25, 0.3) is 0 Å². The van der Waals surface area contributed by atoms with Crippen LogP contribution in [0.15, 0.2) is 52.1 Å². The van der Waals surface area contributed by atoms with E-state index in [9.17, 15) is 9.90 Å². The summed E-state index contributed by atoms with van der Waals surface area (Å²) in [5.41, 5.74) is -0.202. The molecule has 5 heteroatoms. The molecule has 0 bridgehead atoms. The molecule has 21 heavy (non-hydrogen) atoms. The maximum atomic E-state index is 11.9. The molecule has 2 aromatic rings. The van der Waals surface area contributed by atoms with Gasteiger partial charge in [-0.3, -0.25) is 5.32 Å². The number of hydrogen-bond donors (Lipinski definition) is 2. The van der Waals surface area contributed by atoms with Gasteiger partial charge in [0.2, 0.25) is 0 Å². The van der Waals surface area contributed by atoms with Crippen LogP contribution in [-0.4, -0.2) is 23.4 Å². The zero-order valence-corrected chi connectivity index (χ0v) is 13.5. The first-order valence-corrected chi connectivity index (χ1v) is 8.76. The first kappa shape index (κ1) is 16.1. The highest BCUT2D eigenvalue weighted by Gasteiger charge is 2.39. The first-order chi connectivity index (χ1) is 10.2. The summed E-state index contributed by atoms with van der Waals surface area (Å²) in [6, 6.07) is 13.5. The van der Waals surface area contributed by atoms with Crippen LogP contribution in [0.2, 0.25) is 0 Å². The first-order valence-electron chi connectivity index (χ1n) is 6.89. The quantitative estimate of drug-likeness (QED) is 0.726. The van der Waals surface area contributed by atoms with Crippen molar-refractivity contribution in [2.24, 2.45) is 0 Å². The highest BCUT2D eigenvalue weighted by Crippen LogP contribution is 2.31. The van der Waals surface area contributed by atoms with Crippen LogP contribution in [0.1, 0.15) is 18.9 Å². The van der Waals surface area contributed by atoms with E-state index in [1.54, 1.807) is 23.1 Å². The molecule has 0 saturated carbocycles. The van der Waals surface area contributed by atoms with Crippen LogP contribution >= 0.6 is 23.1 Å². The smallest absolute Gasteiger partial charge is 0.328 e. The number of hydrogen-bond acceptors (Lipinski definition) is 4. The monoisotopic (exact) mass is 321 g/mol. The van der Waals surface area contributed by atoms with E-state index in [0.29, 0.717) is 13.0 Å². The molecule has 0 aliphatic rings. The van der Waals surface area contributed by atoms with Crippen molar-refractivity contribution in [2.75, 3.05) is 12.3 Å². The van der Waals surface area contributed by atoms with Crippen molar-refractivity contribution in [3.8, 4) is 0 Å². The SMILES string of the molecule is CCNC(CCSc1cccs1)(C(=O)O)c1ccccc1. The van der Waals surface area contributed by atoms with E-state index in [1.807, 2.05) is 48.7 Å². The van der Waals surface area contributed by atoms with Crippen LogP contribution in [0.5, 0.6) is 0 Å². The van der Waals surface area contributed by atoms with Gasteiger partial charge in [0.1, 0.15) is 5.54 Å². The minimum atomic E-state index is -1.01. The molecule has 1 unspecified atom stereocenters. The van der Waals surface area contributed by atoms with Crippen molar-refractivity contribution >= 4 is 29.1 Å². The predicted molar refractivity (Wildman–Crippen MR) is 89.1 cm³/mol. The molecule has 2 rings (SSSR count). The van der Waals surface area contributed by atoms with E-state index in [4.69, 9.17) is 0 Å². The molecule has 0 amide bonds. The van der Waals surface area contributed by atoms with Crippen LogP contribution < -0.4 is 5.32 Å². The number of thiophene rings is 1. The molecule has 0 aliphatic heterocycles. The maximum absolute atomic E-state index is 11.9. The summed E-state index contributed by atoms with van der Waals surface area (Å²) in [6.45, 7) is 2.55. The van der Waals surface area contributed by atoms with E-state index in [1.165, 1.54) is 4.21 Å². The molecule has 0 spiro atoms. The molecule has 0 fully saturated rings. The van der Waals surface area contributed by atoms with Gasteiger partial charge >= 0.3 is 5.97 Å². The third-order valence-electron chi connectivity index (χ3n) is 3.33. The number of carboxylic acids is 1. The van der Waals surface area contributed by atoms with E-state index in [0.717, 1.165) is 11.3 Å². The minimum Gasteiger partial charge on any atom is -0.480 e. The zero-order chi connectivity index (χ0) is 15.1. The molecule has 1 heterocycles. The zero-order valence-electron chi connectivity index (χ0n) is 11.9. The van der Waals surface area contributed by atoms with Crippen molar-refractivity contribution in [1.29, 1.82) is 0 Å². The Morgan fingerprint density at radius 3 is 2.62 bits per heavy atom. The fourth-order valence-corrected chi connectivity index (χ4v) is 4.24. The third kappa shape index (κ3) is 3.87. The molecular formula is C16H19NO2S2. The molecule has 1 aromatic carbocycles. The number of aliphatic carboxylic acids is 1. The molecule has 0 saturated heterocycles. The van der Waals surface area contributed by atoms with Crippen molar-refractivity contribution < 1.29 is 9.90 Å². The molecule has 3 nitrogen and oxygen atoms in total. The normalized spacial score (nSPS) is 13.8. The predicted octanol–water partition coefficient (Wildman–Crippen LogP) is 3.82. The second kappa shape index (κ2) is 7.64. The highest BCUT2D eigenvalue weighted by atomic mass is 32.2. The summed E-state index contributed by atoms with van der Waals surface area (Å²) in [6.07, 6.45) is 0.544. The Bertz CT molecular complexity index is 557. The topological polar surface area (TPSA) is 49.3 Å². The largest absolute Gasteiger partial charge is 0.480 e. The Morgan fingerprint density at radius 2 is 2.05 bits per heavy atom. The number of likely N-dealkylation sites (N-methyl/N-ethyl adjacent to an activating group) is 1. The summed E-state index contributed by atoms with van der Waals surface area (Å²) in [5.74, 6) is -0.0586. The van der Waals surface area contributed by atoms with Gasteiger partial charge in [-0.1, -0.05) is 43.3 Å². The number of nitrogens with one attached hydrogen (secondary N) is 1. The van der Waals surface area contributed by atoms with Gasteiger partial charge in [0.05, 0.1) is 4.21 Å². The van der Waals surface area contributed by atoms with E-state index >= 15 is 0 Å². The Balaban J connectivity index is 2.16. The lowest BCUT2D eigenvalue weighted by Crippen LogP contribution is -2.49. The van der Waals surface area contributed by atoms with Gasteiger partial charge in [-0.25, -0.2) is 4.79 Å². The minimum absolute atomic E-state index is 0.544. The standard InChI is InChI=1S/C16H19NO2S2/c1-2-17-16(15(18)19,13-7-4-3-5-8-13)10-12-21-14-9-6-11-20-14/h3-9,11,17H,2,10,12H2,1H3,(H,18,19). The maximum Gasteiger partial charge on any atom is 0.328 e. The van der Waals surface area contributed by atoms with E-state index in [2.05, 4.69) is 11.4 Å². The number of carboxylic acid groups (broad SMARTS) is 1. The van der Waals surface area contributed by atoms with Gasteiger partial charge in [0.15, 0.2) is 0 Å². The fourth-order valence-electron chi connectivity index (χ4n) is 2.32. The van der Waals surface area contributed by atoms with Crippen LogP contribution in [0.3, 0.4) is 0 Å². The van der Waals surface area contributed by atoms with Gasteiger partial charge in [-0.15, -0.1) is 23.1 Å². The van der Waals surface area contributed by atoms with E-state index in [-0.39, 0.29) is 0 Å². The van der Waals surface area contributed by atoms with Crippen LogP contribution in [0.4, 0.5) is 0 Å². The van der Waals surface area contributed by atoms with Crippen molar-refractivity contribution in [3.05, 3.63) is 53.4 Å². The van der Waals surface area contributed by atoms with Crippen molar-refractivity contribution in [1.82, 2.24) is 5.32 Å². The molecule has 1 aromatic heterocycles. The summed E-state index contributed by atoms with van der Waals surface area (Å²) in [5, 5.41) is 15.0. The van der Waals surface area contributed by atoms with Gasteiger partial charge in [-0.2, -0.15) is 0 Å². The van der Waals surface area contributed by atoms with Crippen LogP contribution in [-0.2, 0) is 10.3 Å². The summed E-state index contributed by atoms with van der Waals surface area (Å²) >= 11 is 3.39. The molecule has 1 atom stereocenters. The van der Waals surface area contributed by atoms with Crippen LogP contribution in [0, 0.1) is 0 Å². The molecule has 2 N–H and O–H groups in total. The Labute approximate surface area is 133 Å². The van der Waals surface area contributed by atoms with Gasteiger partial charge < -0.3 is 5.11 Å². The van der Waals surface area contributed by atoms with Gasteiger partial charge in [-0.05, 0) is 30.0 Å². The Kier molecular flexibility index (Phi) is 5.85. The average molecular weight is 321 g/mol. The van der Waals surface area contributed by atoms with Crippen molar-refractivity contribution in [2.45, 2.75) is 23.1 Å². The fraction of sp³-hybridized carbons (Fsp3) is 0.312. The lowest BCUT2D eigenvalue weighted by molar-refractivity contribution is -0.145. The number of benzene rings is 1. The average Bonchev–Trinajstić information content (AvgIpc) is 3.00. The molecular weight excluding hydrogens is 302 g/mol. The van der Waals surface area contributed by atoms with E-state index < -0.39 is 11.5 Å². The second-order valence-electron chi connectivity index (χ2n) is 4.64. The summed E-state index contributed by atoms with van der Waals surface area (Å²) < 4.78 is 1.22. The third-order valence-corrected chi connectivity index (χ3v) is 5.46. The Hall–Kier alpha value is -1.30. The second-order valence-corrected chi connectivity index (χ2v) is 6.98. The lowest BCUT2D eigenvalue weighted by Gasteiger charge is -2.30. The highest BCUT2D eigenvalue weighted by molar-refractivity contribution is 8.01. The Morgan fingerprint density at radius 1 is 1.29 bits per heavy atom. The number of rotatable bonds is 8. The summed E-state index contributed by atoms with van der Waals surface area (Å²) in [7, 11) is 0. The molecule has 0 radical (unpaired) electrons. The van der Waals surface area contributed by atoms with Gasteiger partial charge in [0, 0.05) is 5.75 Å². The number of thioether (sulfide) groups is 1.